The van der Waals surface area contributed by atoms with Crippen molar-refractivity contribution in [2.24, 2.45) is 0 Å². The standard InChI is InChI=1S/C17H19N5O2/c1-12-18-17(21-23-12)14-8-5-9-22(14)11-15-19-16(24-20-15)10-13-6-3-2-4-7-13/h2-4,6-7,14H,5,8-11H2,1H3. The molecule has 0 saturated carbocycles. The number of hydrogen-bond donors (Lipinski definition) is 0. The van der Waals surface area contributed by atoms with Crippen molar-refractivity contribution in [1.29, 1.82) is 0 Å². The van der Waals surface area contributed by atoms with Crippen molar-refractivity contribution < 1.29 is 9.05 Å². The molecule has 4 rings (SSSR count). The van der Waals surface area contributed by atoms with Gasteiger partial charge in [-0.2, -0.15) is 9.97 Å². The summed E-state index contributed by atoms with van der Waals surface area (Å²) in [6, 6.07) is 10.3. The Morgan fingerprint density at radius 1 is 1.12 bits per heavy atom. The van der Waals surface area contributed by atoms with Crippen LogP contribution in [-0.2, 0) is 13.0 Å². The molecule has 24 heavy (non-hydrogen) atoms. The van der Waals surface area contributed by atoms with Crippen molar-refractivity contribution >= 4 is 0 Å². The van der Waals surface area contributed by atoms with E-state index in [0.717, 1.165) is 30.8 Å². The molecule has 0 spiro atoms. The maximum absolute atomic E-state index is 5.39. The van der Waals surface area contributed by atoms with Gasteiger partial charge in [-0.15, -0.1) is 0 Å². The molecule has 0 amide bonds. The summed E-state index contributed by atoms with van der Waals surface area (Å²) in [5.74, 6) is 2.69. The third-order valence-electron chi connectivity index (χ3n) is 4.26. The maximum Gasteiger partial charge on any atom is 0.231 e. The van der Waals surface area contributed by atoms with E-state index in [9.17, 15) is 0 Å². The fourth-order valence-corrected chi connectivity index (χ4v) is 3.14. The van der Waals surface area contributed by atoms with Crippen LogP contribution in [0.4, 0.5) is 0 Å². The Bertz CT molecular complexity index is 798. The first-order valence-corrected chi connectivity index (χ1v) is 8.17. The zero-order valence-corrected chi connectivity index (χ0v) is 13.6. The summed E-state index contributed by atoms with van der Waals surface area (Å²) in [6.45, 7) is 3.42. The third-order valence-corrected chi connectivity index (χ3v) is 4.26. The first-order chi connectivity index (χ1) is 11.8. The van der Waals surface area contributed by atoms with E-state index < -0.39 is 0 Å². The number of hydrogen-bond acceptors (Lipinski definition) is 7. The Morgan fingerprint density at radius 2 is 2.00 bits per heavy atom. The number of aromatic nitrogens is 4. The zero-order valence-electron chi connectivity index (χ0n) is 13.6. The topological polar surface area (TPSA) is 81.1 Å². The van der Waals surface area contributed by atoms with Crippen LogP contribution < -0.4 is 0 Å². The number of rotatable bonds is 5. The highest BCUT2D eigenvalue weighted by Crippen LogP contribution is 2.31. The average molecular weight is 325 g/mol. The van der Waals surface area contributed by atoms with Gasteiger partial charge in [0.25, 0.3) is 0 Å². The highest BCUT2D eigenvalue weighted by atomic mass is 16.5. The van der Waals surface area contributed by atoms with Crippen molar-refractivity contribution in [3.8, 4) is 0 Å². The van der Waals surface area contributed by atoms with Gasteiger partial charge < -0.3 is 9.05 Å². The van der Waals surface area contributed by atoms with Gasteiger partial charge in [-0.25, -0.2) is 0 Å². The van der Waals surface area contributed by atoms with E-state index in [1.165, 1.54) is 0 Å². The number of aryl methyl sites for hydroxylation is 1. The number of benzene rings is 1. The molecule has 1 aliphatic heterocycles. The molecular formula is C17H19N5O2. The average Bonchev–Trinajstić information content (AvgIpc) is 3.31. The van der Waals surface area contributed by atoms with Gasteiger partial charge >= 0.3 is 0 Å². The summed E-state index contributed by atoms with van der Waals surface area (Å²) in [5.41, 5.74) is 1.16. The van der Waals surface area contributed by atoms with Crippen molar-refractivity contribution in [2.75, 3.05) is 6.54 Å². The van der Waals surface area contributed by atoms with Crippen LogP contribution in [-0.4, -0.2) is 31.7 Å². The smallest absolute Gasteiger partial charge is 0.231 e. The lowest BCUT2D eigenvalue weighted by molar-refractivity contribution is 0.225. The highest BCUT2D eigenvalue weighted by molar-refractivity contribution is 5.18. The molecule has 2 aromatic heterocycles. The summed E-state index contributed by atoms with van der Waals surface area (Å²) in [5, 5.41) is 8.18. The van der Waals surface area contributed by atoms with E-state index in [0.29, 0.717) is 30.6 Å². The molecule has 0 radical (unpaired) electrons. The third kappa shape index (κ3) is 3.21. The summed E-state index contributed by atoms with van der Waals surface area (Å²) >= 11 is 0. The lowest BCUT2D eigenvalue weighted by Crippen LogP contribution is -2.24. The van der Waals surface area contributed by atoms with Crippen LogP contribution in [0.5, 0.6) is 0 Å². The van der Waals surface area contributed by atoms with Crippen molar-refractivity contribution in [1.82, 2.24) is 25.2 Å². The Balaban J connectivity index is 1.43. The fourth-order valence-electron chi connectivity index (χ4n) is 3.14. The molecule has 1 aromatic carbocycles. The minimum Gasteiger partial charge on any atom is -0.340 e. The second-order valence-corrected chi connectivity index (χ2v) is 6.07. The van der Waals surface area contributed by atoms with Crippen molar-refractivity contribution in [3.05, 3.63) is 59.3 Å². The minimum absolute atomic E-state index is 0.165. The normalized spacial score (nSPS) is 18.3. The van der Waals surface area contributed by atoms with Crippen molar-refractivity contribution in [2.45, 2.75) is 38.8 Å². The van der Waals surface area contributed by atoms with Gasteiger partial charge in [-0.05, 0) is 24.9 Å². The molecule has 7 nitrogen and oxygen atoms in total. The van der Waals surface area contributed by atoms with E-state index in [2.05, 4.69) is 37.3 Å². The minimum atomic E-state index is 0.165. The largest absolute Gasteiger partial charge is 0.340 e. The predicted octanol–water partition coefficient (Wildman–Crippen LogP) is 2.69. The first-order valence-electron chi connectivity index (χ1n) is 8.17. The molecule has 124 valence electrons. The highest BCUT2D eigenvalue weighted by Gasteiger charge is 2.30. The first kappa shape index (κ1) is 15.0. The molecule has 1 aliphatic rings. The van der Waals surface area contributed by atoms with Crippen LogP contribution >= 0.6 is 0 Å². The van der Waals surface area contributed by atoms with Crippen molar-refractivity contribution in [3.63, 3.8) is 0 Å². The van der Waals surface area contributed by atoms with Gasteiger partial charge in [0, 0.05) is 6.92 Å². The van der Waals surface area contributed by atoms with Gasteiger partial charge in [-0.1, -0.05) is 40.6 Å². The lowest BCUT2D eigenvalue weighted by atomic mass is 10.1. The van der Waals surface area contributed by atoms with Crippen LogP contribution in [0.15, 0.2) is 39.4 Å². The second kappa shape index (κ2) is 6.52. The Hall–Kier alpha value is -2.54. The molecular weight excluding hydrogens is 306 g/mol. The van der Waals surface area contributed by atoms with Crippen LogP contribution in [0, 0.1) is 6.92 Å². The van der Waals surface area contributed by atoms with E-state index in [1.54, 1.807) is 0 Å². The molecule has 3 heterocycles. The van der Waals surface area contributed by atoms with Crippen LogP contribution in [0.2, 0.25) is 0 Å². The monoisotopic (exact) mass is 325 g/mol. The fraction of sp³-hybridized carbons (Fsp3) is 0.412. The SMILES string of the molecule is Cc1nc(C2CCCN2Cc2noc(Cc3ccccc3)n2)no1. The van der Waals surface area contributed by atoms with Crippen LogP contribution in [0.3, 0.4) is 0 Å². The Labute approximate surface area is 139 Å². The van der Waals surface area contributed by atoms with Gasteiger partial charge in [0.2, 0.25) is 11.8 Å². The summed E-state index contributed by atoms with van der Waals surface area (Å²) < 4.78 is 10.5. The molecule has 0 aliphatic carbocycles. The Morgan fingerprint density at radius 3 is 2.79 bits per heavy atom. The van der Waals surface area contributed by atoms with Gasteiger partial charge in [0.15, 0.2) is 11.6 Å². The van der Waals surface area contributed by atoms with E-state index in [1.807, 2.05) is 25.1 Å². The molecule has 1 fully saturated rings. The molecule has 3 aromatic rings. The molecule has 0 N–H and O–H groups in total. The van der Waals surface area contributed by atoms with E-state index >= 15 is 0 Å². The second-order valence-electron chi connectivity index (χ2n) is 6.07. The number of nitrogens with zero attached hydrogens (tertiary/aromatic N) is 5. The number of likely N-dealkylation sites (tertiary alicyclic amines) is 1. The quantitative estimate of drug-likeness (QED) is 0.713. The van der Waals surface area contributed by atoms with Gasteiger partial charge in [0.05, 0.1) is 19.0 Å². The summed E-state index contributed by atoms with van der Waals surface area (Å²) in [7, 11) is 0. The molecule has 1 atom stereocenters. The molecule has 0 bridgehead atoms. The zero-order chi connectivity index (χ0) is 16.4. The molecule has 1 saturated heterocycles. The molecule has 1 unspecified atom stereocenters. The van der Waals surface area contributed by atoms with Crippen LogP contribution in [0.1, 0.15) is 47.9 Å². The van der Waals surface area contributed by atoms with Gasteiger partial charge in [-0.3, -0.25) is 4.90 Å². The summed E-state index contributed by atoms with van der Waals surface area (Å²) in [6.07, 6.45) is 2.78. The van der Waals surface area contributed by atoms with Gasteiger partial charge in [0.1, 0.15) is 0 Å². The lowest BCUT2D eigenvalue weighted by Gasteiger charge is -2.19. The molecule has 7 heteroatoms. The maximum atomic E-state index is 5.39. The summed E-state index contributed by atoms with van der Waals surface area (Å²) in [4.78, 5) is 11.2. The predicted molar refractivity (Wildman–Crippen MR) is 85.0 cm³/mol. The van der Waals surface area contributed by atoms with E-state index in [4.69, 9.17) is 9.05 Å². The van der Waals surface area contributed by atoms with E-state index in [-0.39, 0.29) is 6.04 Å². The van der Waals surface area contributed by atoms with Crippen LogP contribution in [0.25, 0.3) is 0 Å². The Kier molecular flexibility index (Phi) is 4.08.